The zero-order chi connectivity index (χ0) is 18.3. The van der Waals surface area contributed by atoms with Crippen molar-refractivity contribution in [1.29, 1.82) is 0 Å². The molecule has 130 valence electrons. The Morgan fingerprint density at radius 1 is 1.23 bits per heavy atom. The number of aromatic nitrogens is 2. The highest BCUT2D eigenvalue weighted by atomic mass is 35.5. The van der Waals surface area contributed by atoms with Crippen molar-refractivity contribution < 1.29 is 14.6 Å². The summed E-state index contributed by atoms with van der Waals surface area (Å²) in [4.78, 5) is 16.8. The van der Waals surface area contributed by atoms with E-state index < -0.39 is 5.97 Å². The van der Waals surface area contributed by atoms with Crippen molar-refractivity contribution in [1.82, 2.24) is 9.38 Å². The molecule has 0 bridgehead atoms. The van der Waals surface area contributed by atoms with Crippen LogP contribution in [0, 0.1) is 0 Å². The number of fused-ring (bicyclic) bond motifs is 1. The highest BCUT2D eigenvalue weighted by Crippen LogP contribution is 2.37. The van der Waals surface area contributed by atoms with E-state index in [2.05, 4.69) is 0 Å². The maximum Gasteiger partial charge on any atom is 0.335 e. The molecule has 0 aliphatic heterocycles. The standard InChI is InChI=1S/C19H13ClN2O3S/c1-25-13-6-7-15(20)14(10-13)16-18-22(8-9-26-18)17(21-16)11-2-4-12(5-3-11)19(23)24/h2-10H,1H3,(H,23,24). The minimum Gasteiger partial charge on any atom is -0.497 e. The maximum absolute atomic E-state index is 11.1. The van der Waals surface area contributed by atoms with E-state index in [9.17, 15) is 4.79 Å². The summed E-state index contributed by atoms with van der Waals surface area (Å²) in [5, 5.41) is 11.6. The van der Waals surface area contributed by atoms with Crippen molar-refractivity contribution in [2.45, 2.75) is 0 Å². The molecule has 26 heavy (non-hydrogen) atoms. The van der Waals surface area contributed by atoms with Crippen molar-refractivity contribution in [2.75, 3.05) is 7.11 Å². The van der Waals surface area contributed by atoms with Gasteiger partial charge in [-0.1, -0.05) is 23.7 Å². The molecule has 2 aromatic heterocycles. The molecule has 0 saturated carbocycles. The topological polar surface area (TPSA) is 63.8 Å². The first kappa shape index (κ1) is 16.6. The smallest absolute Gasteiger partial charge is 0.335 e. The lowest BCUT2D eigenvalue weighted by Gasteiger charge is -2.04. The van der Waals surface area contributed by atoms with E-state index in [1.807, 2.05) is 22.0 Å². The van der Waals surface area contributed by atoms with Crippen LogP contribution in [0.2, 0.25) is 5.02 Å². The van der Waals surface area contributed by atoms with E-state index in [1.165, 1.54) is 0 Å². The number of hydrogen-bond donors (Lipinski definition) is 1. The van der Waals surface area contributed by atoms with Crippen LogP contribution in [0.25, 0.3) is 27.5 Å². The maximum atomic E-state index is 11.1. The molecule has 0 amide bonds. The number of rotatable bonds is 4. The summed E-state index contributed by atoms with van der Waals surface area (Å²) in [5.41, 5.74) is 2.62. The normalized spacial score (nSPS) is 11.0. The number of nitrogens with zero attached hydrogens (tertiary/aromatic N) is 2. The predicted octanol–water partition coefficient (Wildman–Crippen LogP) is 5.09. The minimum absolute atomic E-state index is 0.239. The number of aromatic carboxylic acids is 1. The van der Waals surface area contributed by atoms with Gasteiger partial charge in [0, 0.05) is 22.7 Å². The summed E-state index contributed by atoms with van der Waals surface area (Å²) in [6.45, 7) is 0. The molecule has 7 heteroatoms. The van der Waals surface area contributed by atoms with Gasteiger partial charge in [-0.2, -0.15) is 0 Å². The van der Waals surface area contributed by atoms with Crippen molar-refractivity contribution in [3.63, 3.8) is 0 Å². The number of methoxy groups -OCH3 is 1. The fourth-order valence-electron chi connectivity index (χ4n) is 2.78. The molecule has 0 spiro atoms. The summed E-state index contributed by atoms with van der Waals surface area (Å²) in [6, 6.07) is 12.1. The molecular weight excluding hydrogens is 372 g/mol. The van der Waals surface area contributed by atoms with Gasteiger partial charge in [-0.15, -0.1) is 11.3 Å². The summed E-state index contributed by atoms with van der Waals surface area (Å²) in [6.07, 6.45) is 1.94. The van der Waals surface area contributed by atoms with Crippen LogP contribution in [-0.4, -0.2) is 27.6 Å². The molecule has 0 unspecified atom stereocenters. The number of thiazole rings is 1. The number of imidazole rings is 1. The number of benzene rings is 2. The van der Waals surface area contributed by atoms with E-state index in [1.54, 1.807) is 54.8 Å². The lowest BCUT2D eigenvalue weighted by molar-refractivity contribution is 0.0697. The van der Waals surface area contributed by atoms with Crippen LogP contribution in [0.5, 0.6) is 5.75 Å². The fourth-order valence-corrected chi connectivity index (χ4v) is 3.82. The molecule has 0 aliphatic rings. The highest BCUT2D eigenvalue weighted by Gasteiger charge is 2.18. The average Bonchev–Trinajstić information content (AvgIpc) is 3.25. The largest absolute Gasteiger partial charge is 0.497 e. The molecule has 2 aromatic carbocycles. The van der Waals surface area contributed by atoms with Gasteiger partial charge >= 0.3 is 5.97 Å². The molecule has 4 aromatic rings. The molecule has 4 rings (SSSR count). The van der Waals surface area contributed by atoms with Crippen LogP contribution in [0.3, 0.4) is 0 Å². The Labute approximate surface area is 158 Å². The van der Waals surface area contributed by atoms with E-state index in [0.29, 0.717) is 10.8 Å². The number of halogens is 1. The monoisotopic (exact) mass is 384 g/mol. The van der Waals surface area contributed by atoms with Crippen molar-refractivity contribution in [2.24, 2.45) is 0 Å². The lowest BCUT2D eigenvalue weighted by Crippen LogP contribution is -1.95. The van der Waals surface area contributed by atoms with Crippen LogP contribution in [0.1, 0.15) is 10.4 Å². The van der Waals surface area contributed by atoms with Gasteiger partial charge in [0.25, 0.3) is 0 Å². The molecule has 2 heterocycles. The first-order valence-corrected chi connectivity index (χ1v) is 8.97. The molecule has 0 aliphatic carbocycles. The predicted molar refractivity (Wildman–Crippen MR) is 102 cm³/mol. The van der Waals surface area contributed by atoms with Gasteiger partial charge in [0.2, 0.25) is 0 Å². The van der Waals surface area contributed by atoms with Crippen LogP contribution < -0.4 is 4.74 Å². The first-order valence-electron chi connectivity index (χ1n) is 7.71. The minimum atomic E-state index is -0.954. The molecule has 0 atom stereocenters. The van der Waals surface area contributed by atoms with Crippen LogP contribution in [0.15, 0.2) is 54.0 Å². The van der Waals surface area contributed by atoms with Gasteiger partial charge in [-0.25, -0.2) is 9.78 Å². The Kier molecular flexibility index (Phi) is 4.14. The second-order valence-electron chi connectivity index (χ2n) is 5.59. The van der Waals surface area contributed by atoms with Gasteiger partial charge in [0.1, 0.15) is 22.1 Å². The van der Waals surface area contributed by atoms with E-state index in [0.717, 1.165) is 27.5 Å². The molecule has 0 fully saturated rings. The quantitative estimate of drug-likeness (QED) is 0.532. The van der Waals surface area contributed by atoms with Crippen molar-refractivity contribution >= 4 is 33.7 Å². The second-order valence-corrected chi connectivity index (χ2v) is 6.89. The lowest BCUT2D eigenvalue weighted by atomic mass is 10.1. The third-order valence-corrected chi connectivity index (χ3v) is 5.28. The van der Waals surface area contributed by atoms with Gasteiger partial charge in [-0.05, 0) is 30.3 Å². The number of carboxylic acids is 1. The summed E-state index contributed by atoms with van der Waals surface area (Å²) in [7, 11) is 1.61. The van der Waals surface area contributed by atoms with Crippen LogP contribution in [-0.2, 0) is 0 Å². The van der Waals surface area contributed by atoms with Crippen LogP contribution >= 0.6 is 22.9 Å². The molecule has 1 N–H and O–H groups in total. The fraction of sp³-hybridized carbons (Fsp3) is 0.0526. The molecule has 0 saturated heterocycles. The molecule has 5 nitrogen and oxygen atoms in total. The third kappa shape index (κ3) is 2.73. The van der Waals surface area contributed by atoms with Gasteiger partial charge in [-0.3, -0.25) is 4.40 Å². The number of hydrogen-bond acceptors (Lipinski definition) is 4. The highest BCUT2D eigenvalue weighted by molar-refractivity contribution is 7.16. The molecular formula is C19H13ClN2O3S. The van der Waals surface area contributed by atoms with Crippen molar-refractivity contribution in [3.8, 4) is 28.4 Å². The number of ether oxygens (including phenoxy) is 1. The van der Waals surface area contributed by atoms with Crippen LogP contribution in [0.4, 0.5) is 0 Å². The Balaban J connectivity index is 1.89. The zero-order valence-electron chi connectivity index (χ0n) is 13.6. The Morgan fingerprint density at radius 2 is 2.00 bits per heavy atom. The first-order chi connectivity index (χ1) is 12.6. The molecule has 0 radical (unpaired) electrons. The van der Waals surface area contributed by atoms with E-state index >= 15 is 0 Å². The third-order valence-electron chi connectivity index (χ3n) is 4.08. The zero-order valence-corrected chi connectivity index (χ0v) is 15.2. The Hall–Kier alpha value is -2.83. The Bertz CT molecular complexity index is 1120. The SMILES string of the molecule is COc1ccc(Cl)c(-c2nc(-c3ccc(C(=O)O)cc3)n3ccsc23)c1. The van der Waals surface area contributed by atoms with E-state index in [-0.39, 0.29) is 5.56 Å². The number of carboxylic acid groups (broad SMARTS) is 1. The van der Waals surface area contributed by atoms with Gasteiger partial charge in [0.05, 0.1) is 17.7 Å². The van der Waals surface area contributed by atoms with E-state index in [4.69, 9.17) is 26.4 Å². The summed E-state index contributed by atoms with van der Waals surface area (Å²) >= 11 is 7.96. The second kappa shape index (κ2) is 6.48. The summed E-state index contributed by atoms with van der Waals surface area (Å²) in [5.74, 6) is 0.478. The Morgan fingerprint density at radius 3 is 2.69 bits per heavy atom. The summed E-state index contributed by atoms with van der Waals surface area (Å²) < 4.78 is 7.28. The average molecular weight is 385 g/mol. The van der Waals surface area contributed by atoms with Gasteiger partial charge < -0.3 is 9.84 Å². The van der Waals surface area contributed by atoms with Crippen molar-refractivity contribution in [3.05, 3.63) is 64.6 Å². The number of carbonyl (C=O) groups is 1. The van der Waals surface area contributed by atoms with Gasteiger partial charge in [0.15, 0.2) is 0 Å².